The van der Waals surface area contributed by atoms with E-state index >= 15 is 0 Å². The first-order valence-electron chi connectivity index (χ1n) is 8.01. The highest BCUT2D eigenvalue weighted by atomic mass is 35.5. The second kappa shape index (κ2) is 6.34. The molecule has 0 aliphatic carbocycles. The number of fused-ring (bicyclic) bond motifs is 1. The number of H-pyrrole nitrogens is 1. The molecule has 0 bridgehead atoms. The number of aromatic amines is 1. The molecule has 0 atom stereocenters. The Morgan fingerprint density at radius 1 is 1.11 bits per heavy atom. The Hall–Kier alpha value is -3.50. The number of halogens is 1. The molecule has 0 saturated carbocycles. The fourth-order valence-electron chi connectivity index (χ4n) is 2.82. The summed E-state index contributed by atoms with van der Waals surface area (Å²) < 4.78 is 5.72. The van der Waals surface area contributed by atoms with Crippen molar-refractivity contribution in [2.45, 2.75) is 13.8 Å². The average molecular weight is 378 g/mol. The molecule has 0 saturated heterocycles. The van der Waals surface area contributed by atoms with Gasteiger partial charge in [-0.25, -0.2) is 15.0 Å². The van der Waals surface area contributed by atoms with Crippen LogP contribution in [0.3, 0.4) is 0 Å². The number of nitrogens with zero attached hydrogens (tertiary/aromatic N) is 4. The molecule has 0 fully saturated rings. The molecule has 0 radical (unpaired) electrons. The van der Waals surface area contributed by atoms with Crippen molar-refractivity contribution in [3.63, 3.8) is 0 Å². The minimum Gasteiger partial charge on any atom is -0.460 e. The number of nitrogens with one attached hydrogen (secondary N) is 1. The van der Waals surface area contributed by atoms with Crippen LogP contribution in [0.4, 0.5) is 0 Å². The van der Waals surface area contributed by atoms with Gasteiger partial charge in [-0.3, -0.25) is 4.79 Å². The Balaban J connectivity index is 2.10. The predicted octanol–water partition coefficient (Wildman–Crippen LogP) is 3.78. The van der Waals surface area contributed by atoms with Crippen LogP contribution < -0.4 is 5.43 Å². The second-order valence-electron chi connectivity index (χ2n) is 6.01. The third-order valence-electron chi connectivity index (χ3n) is 3.95. The molecule has 0 unspecified atom stereocenters. The zero-order valence-electron chi connectivity index (χ0n) is 14.4. The standard InChI is InChI=1S/C19H12ClN5O2/c1-9-5-11(6-15(20)22-9)16-18(14-4-3-10(2)27-14)25-19-17(24-16)13(26)7-12(8-21)23-19/h3-7H,1-2H3,(H,23,25,26). The lowest BCUT2D eigenvalue weighted by atomic mass is 10.1. The summed E-state index contributed by atoms with van der Waals surface area (Å²) in [5.74, 6) is 1.20. The first-order valence-corrected chi connectivity index (χ1v) is 8.39. The summed E-state index contributed by atoms with van der Waals surface area (Å²) in [6, 6.07) is 10.2. The van der Waals surface area contributed by atoms with Crippen molar-refractivity contribution in [1.82, 2.24) is 19.9 Å². The zero-order chi connectivity index (χ0) is 19.1. The molecule has 0 spiro atoms. The summed E-state index contributed by atoms with van der Waals surface area (Å²) in [6.07, 6.45) is 0. The molecule has 0 amide bonds. The maximum Gasteiger partial charge on any atom is 0.210 e. The first-order chi connectivity index (χ1) is 12.9. The summed E-state index contributed by atoms with van der Waals surface area (Å²) >= 11 is 6.10. The third-order valence-corrected chi connectivity index (χ3v) is 4.14. The maximum atomic E-state index is 12.4. The number of aryl methyl sites for hydroxylation is 2. The highest BCUT2D eigenvalue weighted by Gasteiger charge is 2.18. The van der Waals surface area contributed by atoms with E-state index in [1.165, 1.54) is 6.07 Å². The van der Waals surface area contributed by atoms with Gasteiger partial charge in [-0.2, -0.15) is 5.26 Å². The van der Waals surface area contributed by atoms with E-state index in [0.717, 1.165) is 0 Å². The quantitative estimate of drug-likeness (QED) is 0.532. The Kier molecular flexibility index (Phi) is 3.98. The van der Waals surface area contributed by atoms with Gasteiger partial charge in [0.2, 0.25) is 5.43 Å². The van der Waals surface area contributed by atoms with Gasteiger partial charge in [0.1, 0.15) is 34.1 Å². The molecule has 132 valence electrons. The third kappa shape index (κ3) is 3.07. The van der Waals surface area contributed by atoms with Gasteiger partial charge in [0.05, 0.1) is 0 Å². The van der Waals surface area contributed by atoms with Crippen LogP contribution in [0.15, 0.2) is 39.5 Å². The summed E-state index contributed by atoms with van der Waals surface area (Å²) in [5, 5.41) is 9.40. The van der Waals surface area contributed by atoms with Crippen molar-refractivity contribution in [1.29, 1.82) is 5.26 Å². The molecule has 4 rings (SSSR count). The van der Waals surface area contributed by atoms with E-state index < -0.39 is 5.43 Å². The average Bonchev–Trinajstić information content (AvgIpc) is 3.06. The normalized spacial score (nSPS) is 10.9. The van der Waals surface area contributed by atoms with E-state index in [4.69, 9.17) is 21.3 Å². The van der Waals surface area contributed by atoms with Crippen molar-refractivity contribution in [3.8, 4) is 28.8 Å². The molecular weight excluding hydrogens is 366 g/mol. The molecular formula is C19H12ClN5O2. The molecule has 4 aromatic heterocycles. The Morgan fingerprint density at radius 2 is 1.93 bits per heavy atom. The smallest absolute Gasteiger partial charge is 0.210 e. The monoisotopic (exact) mass is 377 g/mol. The van der Waals surface area contributed by atoms with Gasteiger partial charge in [-0.05, 0) is 38.1 Å². The van der Waals surface area contributed by atoms with Crippen molar-refractivity contribution in [2.75, 3.05) is 0 Å². The van der Waals surface area contributed by atoms with Crippen LogP contribution in [0, 0.1) is 25.2 Å². The highest BCUT2D eigenvalue weighted by molar-refractivity contribution is 6.29. The maximum absolute atomic E-state index is 12.4. The molecule has 7 nitrogen and oxygen atoms in total. The van der Waals surface area contributed by atoms with E-state index in [1.807, 2.05) is 26.0 Å². The van der Waals surface area contributed by atoms with Crippen LogP contribution in [0.2, 0.25) is 5.15 Å². The first kappa shape index (κ1) is 16.9. The van der Waals surface area contributed by atoms with Crippen LogP contribution in [0.25, 0.3) is 33.9 Å². The summed E-state index contributed by atoms with van der Waals surface area (Å²) in [5.41, 5.74) is 2.30. The topological polar surface area (TPSA) is 108 Å². The number of pyridine rings is 2. The lowest BCUT2D eigenvalue weighted by Gasteiger charge is -2.09. The molecule has 4 aromatic rings. The number of furan rings is 1. The second-order valence-corrected chi connectivity index (χ2v) is 6.39. The molecule has 4 heterocycles. The van der Waals surface area contributed by atoms with Crippen LogP contribution in [-0.4, -0.2) is 19.9 Å². The van der Waals surface area contributed by atoms with E-state index in [1.54, 1.807) is 18.2 Å². The minimum absolute atomic E-state index is 0.110. The van der Waals surface area contributed by atoms with Gasteiger partial charge in [0.15, 0.2) is 16.9 Å². The largest absolute Gasteiger partial charge is 0.460 e. The van der Waals surface area contributed by atoms with Gasteiger partial charge in [0, 0.05) is 17.3 Å². The fourth-order valence-corrected chi connectivity index (χ4v) is 3.07. The Bertz CT molecular complexity index is 1280. The molecule has 8 heteroatoms. The van der Waals surface area contributed by atoms with Crippen LogP contribution >= 0.6 is 11.6 Å². The fraction of sp³-hybridized carbons (Fsp3) is 0.105. The lowest BCUT2D eigenvalue weighted by molar-refractivity contribution is 0.546. The summed E-state index contributed by atoms with van der Waals surface area (Å²) in [6.45, 7) is 3.63. The van der Waals surface area contributed by atoms with Gasteiger partial charge in [-0.15, -0.1) is 0 Å². The Labute approximate surface area is 158 Å². The SMILES string of the molecule is Cc1cc(-c2nc3c(=O)cc(C#N)[nH]c3nc2-c2ccc(C)o2)cc(Cl)n1. The molecule has 0 aromatic carbocycles. The molecule has 0 aliphatic heterocycles. The van der Waals surface area contributed by atoms with Crippen molar-refractivity contribution in [3.05, 3.63) is 62.9 Å². The molecule has 1 N–H and O–H groups in total. The van der Waals surface area contributed by atoms with Crippen LogP contribution in [0.5, 0.6) is 0 Å². The van der Waals surface area contributed by atoms with E-state index in [-0.39, 0.29) is 16.9 Å². The van der Waals surface area contributed by atoms with Gasteiger partial charge in [-0.1, -0.05) is 11.6 Å². The van der Waals surface area contributed by atoms with Gasteiger partial charge in [0.25, 0.3) is 0 Å². The summed E-state index contributed by atoms with van der Waals surface area (Å²) in [4.78, 5) is 28.4. The number of aromatic nitrogens is 4. The van der Waals surface area contributed by atoms with Crippen LogP contribution in [0.1, 0.15) is 17.1 Å². The summed E-state index contributed by atoms with van der Waals surface area (Å²) in [7, 11) is 0. The van der Waals surface area contributed by atoms with Crippen molar-refractivity contribution in [2.24, 2.45) is 0 Å². The zero-order valence-corrected chi connectivity index (χ0v) is 15.1. The highest BCUT2D eigenvalue weighted by Crippen LogP contribution is 2.32. The number of hydrogen-bond donors (Lipinski definition) is 1. The minimum atomic E-state index is -0.395. The van der Waals surface area contributed by atoms with E-state index in [9.17, 15) is 4.79 Å². The van der Waals surface area contributed by atoms with Gasteiger partial charge >= 0.3 is 0 Å². The van der Waals surface area contributed by atoms with Crippen LogP contribution in [-0.2, 0) is 0 Å². The Morgan fingerprint density at radius 3 is 2.59 bits per heavy atom. The number of hydrogen-bond acceptors (Lipinski definition) is 6. The molecule has 0 aliphatic rings. The number of rotatable bonds is 2. The van der Waals surface area contributed by atoms with Crippen molar-refractivity contribution < 1.29 is 4.42 Å². The molecule has 27 heavy (non-hydrogen) atoms. The lowest BCUT2D eigenvalue weighted by Crippen LogP contribution is -2.09. The predicted molar refractivity (Wildman–Crippen MR) is 100 cm³/mol. The van der Waals surface area contributed by atoms with E-state index in [0.29, 0.717) is 39.3 Å². The van der Waals surface area contributed by atoms with Gasteiger partial charge < -0.3 is 9.40 Å². The van der Waals surface area contributed by atoms with Crippen molar-refractivity contribution >= 4 is 22.8 Å². The van der Waals surface area contributed by atoms with E-state index in [2.05, 4.69) is 19.9 Å². The number of nitriles is 1.